The highest BCUT2D eigenvalue weighted by molar-refractivity contribution is 5.64. The van der Waals surface area contributed by atoms with Crippen LogP contribution in [0.15, 0.2) is 84.9 Å². The second kappa shape index (κ2) is 10.7. The second-order valence-electron chi connectivity index (χ2n) is 8.25. The Labute approximate surface area is 213 Å². The first kappa shape index (κ1) is 23.7. The fourth-order valence-corrected chi connectivity index (χ4v) is 3.82. The number of aromatic nitrogens is 6. The molecule has 1 aromatic carbocycles. The van der Waals surface area contributed by atoms with Crippen molar-refractivity contribution in [2.24, 2.45) is 12.2 Å². The quantitative estimate of drug-likeness (QED) is 0.247. The molecule has 0 fully saturated rings. The van der Waals surface area contributed by atoms with Crippen molar-refractivity contribution in [1.82, 2.24) is 34.2 Å². The first-order valence-corrected chi connectivity index (χ1v) is 11.6. The summed E-state index contributed by atoms with van der Waals surface area (Å²) in [5, 5.41) is 9.80. The average molecular weight is 495 g/mol. The maximum Gasteiger partial charge on any atom is 0.146 e. The van der Waals surface area contributed by atoms with E-state index < -0.39 is 0 Å². The topological polar surface area (TPSA) is 130 Å². The van der Waals surface area contributed by atoms with Crippen LogP contribution in [-0.4, -0.2) is 36.0 Å². The third-order valence-electron chi connectivity index (χ3n) is 5.83. The molecule has 0 radical (unpaired) electrons. The molecule has 0 aliphatic heterocycles. The first-order valence-electron chi connectivity index (χ1n) is 11.6. The van der Waals surface area contributed by atoms with E-state index in [1.165, 1.54) is 6.33 Å². The molecule has 0 bridgehead atoms. The molecule has 0 spiro atoms. The van der Waals surface area contributed by atoms with E-state index in [0.29, 0.717) is 30.4 Å². The van der Waals surface area contributed by atoms with Crippen molar-refractivity contribution in [1.29, 1.82) is 5.53 Å². The van der Waals surface area contributed by atoms with E-state index in [1.54, 1.807) is 25.6 Å². The minimum Gasteiger partial charge on any atom is -0.485 e. The molecule has 0 aliphatic carbocycles. The smallest absolute Gasteiger partial charge is 0.146 e. The minimum atomic E-state index is 0.379. The highest BCUT2D eigenvalue weighted by Crippen LogP contribution is 2.24. The van der Waals surface area contributed by atoms with E-state index in [1.807, 2.05) is 70.9 Å². The average Bonchev–Trinajstić information content (AvgIpc) is 3.55. The van der Waals surface area contributed by atoms with Crippen LogP contribution in [0.3, 0.4) is 0 Å². The Kier molecular flexibility index (Phi) is 6.84. The van der Waals surface area contributed by atoms with Crippen molar-refractivity contribution in [2.45, 2.75) is 13.2 Å². The molecule has 3 N–H and O–H groups in total. The lowest BCUT2D eigenvalue weighted by atomic mass is 10.1. The molecule has 4 aromatic heterocycles. The van der Waals surface area contributed by atoms with Crippen molar-refractivity contribution in [3.63, 3.8) is 0 Å². The van der Waals surface area contributed by atoms with Gasteiger partial charge in [-0.1, -0.05) is 24.3 Å². The van der Waals surface area contributed by atoms with Gasteiger partial charge in [-0.2, -0.15) is 5.11 Å². The number of aryl methyl sites for hydroxylation is 1. The van der Waals surface area contributed by atoms with Crippen molar-refractivity contribution in [3.8, 4) is 17.1 Å². The van der Waals surface area contributed by atoms with Gasteiger partial charge in [0, 0.05) is 63.1 Å². The van der Waals surface area contributed by atoms with Gasteiger partial charge in [-0.3, -0.25) is 4.40 Å². The minimum absolute atomic E-state index is 0.379. The van der Waals surface area contributed by atoms with Gasteiger partial charge >= 0.3 is 0 Å². The summed E-state index contributed by atoms with van der Waals surface area (Å²) in [6.45, 7) is 0.966. The van der Waals surface area contributed by atoms with E-state index >= 15 is 0 Å². The van der Waals surface area contributed by atoms with Gasteiger partial charge in [0.2, 0.25) is 0 Å². The fourth-order valence-electron chi connectivity index (χ4n) is 3.82. The molecule has 0 atom stereocenters. The zero-order chi connectivity index (χ0) is 25.6. The van der Waals surface area contributed by atoms with Crippen LogP contribution in [0, 0.1) is 5.53 Å². The maximum absolute atomic E-state index is 7.32. The third kappa shape index (κ3) is 5.30. The number of nitrogens with zero attached hydrogens (tertiary/aromatic N) is 7. The normalized spacial score (nSPS) is 11.5. The lowest BCUT2D eigenvalue weighted by Crippen LogP contribution is -2.03. The largest absolute Gasteiger partial charge is 0.485 e. The summed E-state index contributed by atoms with van der Waals surface area (Å²) in [5.41, 5.74) is 12.2. The SMILES string of the molecule is CN/C=C(\N=N)c1ccc(CNc2cc(-c3cnc4cc(OCc5nccn5C)ccn34)ncn2)cc1. The molecule has 5 aromatic rings. The van der Waals surface area contributed by atoms with E-state index in [4.69, 9.17) is 10.3 Å². The van der Waals surface area contributed by atoms with Crippen LogP contribution in [0.5, 0.6) is 5.75 Å². The Morgan fingerprint density at radius 2 is 1.95 bits per heavy atom. The molecule has 5 rings (SSSR count). The molecule has 37 heavy (non-hydrogen) atoms. The molecule has 0 aliphatic rings. The molecule has 0 unspecified atom stereocenters. The van der Waals surface area contributed by atoms with Gasteiger partial charge in [0.1, 0.15) is 41.7 Å². The van der Waals surface area contributed by atoms with Crippen LogP contribution in [0.2, 0.25) is 0 Å². The van der Waals surface area contributed by atoms with Crippen molar-refractivity contribution < 1.29 is 4.74 Å². The van der Waals surface area contributed by atoms with Crippen LogP contribution in [0.25, 0.3) is 22.7 Å². The van der Waals surface area contributed by atoms with Gasteiger partial charge in [-0.05, 0) is 11.6 Å². The highest BCUT2D eigenvalue weighted by Gasteiger charge is 2.10. The van der Waals surface area contributed by atoms with Crippen molar-refractivity contribution in [2.75, 3.05) is 12.4 Å². The van der Waals surface area contributed by atoms with Gasteiger partial charge < -0.3 is 19.9 Å². The molecule has 4 heterocycles. The van der Waals surface area contributed by atoms with E-state index in [-0.39, 0.29) is 0 Å². The molecule has 0 saturated heterocycles. The Hall–Kier alpha value is -5.06. The number of ether oxygens (including phenoxy) is 1. The molecular formula is C26H26N10O. The standard InChI is InChI=1S/C26H26N10O/c1-28-14-22(34-27)19-5-3-18(4-6-19)13-30-24-12-21(32-17-33-24)23-15-31-25-11-20(7-9-36(23)25)37-16-26-29-8-10-35(26)2/h3-12,14-15,17,27-28H,13,16H2,1-2H3,(H,30,32,33)/b22-14-,34-27?. The summed E-state index contributed by atoms with van der Waals surface area (Å²) < 4.78 is 9.78. The predicted molar refractivity (Wildman–Crippen MR) is 140 cm³/mol. The molecule has 186 valence electrons. The molecular weight excluding hydrogens is 468 g/mol. The summed E-state index contributed by atoms with van der Waals surface area (Å²) in [7, 11) is 3.72. The number of fused-ring (bicyclic) bond motifs is 1. The van der Waals surface area contributed by atoms with Gasteiger partial charge in [0.15, 0.2) is 0 Å². The van der Waals surface area contributed by atoms with Gasteiger partial charge in [-0.15, -0.1) is 0 Å². The van der Waals surface area contributed by atoms with Crippen LogP contribution < -0.4 is 15.4 Å². The summed E-state index contributed by atoms with van der Waals surface area (Å²) in [6.07, 6.45) is 10.6. The lowest BCUT2D eigenvalue weighted by Gasteiger charge is -2.09. The van der Waals surface area contributed by atoms with E-state index in [2.05, 4.69) is 35.7 Å². The van der Waals surface area contributed by atoms with Crippen LogP contribution in [-0.2, 0) is 20.2 Å². The maximum atomic E-state index is 7.32. The highest BCUT2D eigenvalue weighted by atomic mass is 16.5. The van der Waals surface area contributed by atoms with Crippen LogP contribution in [0.1, 0.15) is 17.0 Å². The Bertz CT molecular complexity index is 1550. The number of pyridine rings is 1. The zero-order valence-corrected chi connectivity index (χ0v) is 20.5. The number of anilines is 1. The summed E-state index contributed by atoms with van der Waals surface area (Å²) in [4.78, 5) is 17.6. The number of benzene rings is 1. The summed E-state index contributed by atoms with van der Waals surface area (Å²) >= 11 is 0. The van der Waals surface area contributed by atoms with Gasteiger partial charge in [0.05, 0.1) is 17.6 Å². The summed E-state index contributed by atoms with van der Waals surface area (Å²) in [5.74, 6) is 2.27. The predicted octanol–water partition coefficient (Wildman–Crippen LogP) is 4.26. The number of hydrogen-bond donors (Lipinski definition) is 3. The number of nitrogens with one attached hydrogen (secondary N) is 3. The lowest BCUT2D eigenvalue weighted by molar-refractivity contribution is 0.292. The van der Waals surface area contributed by atoms with Crippen molar-refractivity contribution >= 4 is 17.2 Å². The Morgan fingerprint density at radius 3 is 2.70 bits per heavy atom. The summed E-state index contributed by atoms with van der Waals surface area (Å²) in [6, 6.07) is 13.6. The third-order valence-corrected chi connectivity index (χ3v) is 5.83. The van der Waals surface area contributed by atoms with E-state index in [0.717, 1.165) is 34.0 Å². The molecule has 11 nitrogen and oxygen atoms in total. The van der Waals surface area contributed by atoms with E-state index in [9.17, 15) is 0 Å². The zero-order valence-electron chi connectivity index (χ0n) is 20.5. The fraction of sp³-hybridized carbons (Fsp3) is 0.154. The molecule has 0 saturated carbocycles. The molecule has 11 heteroatoms. The van der Waals surface area contributed by atoms with Crippen LogP contribution >= 0.6 is 0 Å². The van der Waals surface area contributed by atoms with Crippen LogP contribution in [0.4, 0.5) is 5.82 Å². The first-order chi connectivity index (χ1) is 18.1. The second-order valence-corrected chi connectivity index (χ2v) is 8.25. The number of hydrogen-bond acceptors (Lipinski definition) is 9. The van der Waals surface area contributed by atoms with Gasteiger partial charge in [-0.25, -0.2) is 25.5 Å². The van der Waals surface area contributed by atoms with Gasteiger partial charge in [0.25, 0.3) is 0 Å². The molecule has 0 amide bonds. The number of rotatable bonds is 10. The number of imidazole rings is 2. The monoisotopic (exact) mass is 494 g/mol. The Balaban J connectivity index is 1.27. The van der Waals surface area contributed by atoms with Crippen molar-refractivity contribution in [3.05, 3.63) is 96.7 Å². The Morgan fingerprint density at radius 1 is 1.08 bits per heavy atom.